The molecule has 0 aliphatic rings. The van der Waals surface area contributed by atoms with Crippen LogP contribution in [0, 0.1) is 0 Å². The summed E-state index contributed by atoms with van der Waals surface area (Å²) in [6.07, 6.45) is 2.73. The summed E-state index contributed by atoms with van der Waals surface area (Å²) < 4.78 is 12.3. The summed E-state index contributed by atoms with van der Waals surface area (Å²) in [6.45, 7) is 5.97. The van der Waals surface area contributed by atoms with Gasteiger partial charge in [-0.3, -0.25) is 0 Å². The average molecular weight is 391 g/mol. The smallest absolute Gasteiger partial charge is 0.175 e. The molecule has 0 saturated carbocycles. The number of halogens is 1. The molecule has 0 unspecified atom stereocenters. The molecule has 0 bridgehead atoms. The standard InChI is InChI=1S/C19H23BrN2O2/c1-3-10-24-19-17(20)11-16(12-18(19)23-4-2)14-22-21-13-15-8-6-5-7-9-15/h5-9,11-12,14,21H,3-4,10,13H2,1-2H3. The number of rotatable bonds is 9. The van der Waals surface area contributed by atoms with E-state index in [9.17, 15) is 0 Å². The molecule has 5 heteroatoms. The molecule has 1 N–H and O–H groups in total. The number of nitrogens with one attached hydrogen (secondary N) is 1. The highest BCUT2D eigenvalue weighted by molar-refractivity contribution is 9.10. The molecule has 0 aliphatic heterocycles. The van der Waals surface area contributed by atoms with Crippen LogP contribution < -0.4 is 14.9 Å². The van der Waals surface area contributed by atoms with Gasteiger partial charge >= 0.3 is 0 Å². The van der Waals surface area contributed by atoms with E-state index in [4.69, 9.17) is 9.47 Å². The van der Waals surface area contributed by atoms with E-state index >= 15 is 0 Å². The zero-order valence-corrected chi connectivity index (χ0v) is 15.7. The van der Waals surface area contributed by atoms with E-state index in [2.05, 4.69) is 45.5 Å². The molecule has 0 spiro atoms. The molecule has 0 radical (unpaired) electrons. The fourth-order valence-electron chi connectivity index (χ4n) is 2.12. The van der Waals surface area contributed by atoms with Gasteiger partial charge in [0.15, 0.2) is 11.5 Å². The Morgan fingerprint density at radius 3 is 2.62 bits per heavy atom. The number of hydrogen-bond donors (Lipinski definition) is 1. The molecule has 0 heterocycles. The topological polar surface area (TPSA) is 42.8 Å². The van der Waals surface area contributed by atoms with Crippen LogP contribution >= 0.6 is 15.9 Å². The highest BCUT2D eigenvalue weighted by Crippen LogP contribution is 2.36. The van der Waals surface area contributed by atoms with Crippen LogP contribution in [0.2, 0.25) is 0 Å². The molecule has 2 rings (SSSR count). The number of nitrogens with zero attached hydrogens (tertiary/aromatic N) is 1. The van der Waals surface area contributed by atoms with Crippen molar-refractivity contribution in [1.82, 2.24) is 5.43 Å². The molecule has 2 aromatic carbocycles. The van der Waals surface area contributed by atoms with Gasteiger partial charge in [0.05, 0.1) is 30.4 Å². The lowest BCUT2D eigenvalue weighted by atomic mass is 10.2. The van der Waals surface area contributed by atoms with Crippen molar-refractivity contribution in [2.75, 3.05) is 13.2 Å². The van der Waals surface area contributed by atoms with Gasteiger partial charge in [-0.05, 0) is 52.5 Å². The summed E-state index contributed by atoms with van der Waals surface area (Å²) in [5.41, 5.74) is 5.18. The third-order valence-corrected chi connectivity index (χ3v) is 3.80. The van der Waals surface area contributed by atoms with Gasteiger partial charge in [0, 0.05) is 0 Å². The fourth-order valence-corrected chi connectivity index (χ4v) is 2.70. The predicted molar refractivity (Wildman–Crippen MR) is 102 cm³/mol. The van der Waals surface area contributed by atoms with Crippen molar-refractivity contribution in [2.45, 2.75) is 26.8 Å². The molecule has 0 atom stereocenters. The summed E-state index contributed by atoms with van der Waals surface area (Å²) in [5, 5.41) is 4.28. The Bertz CT molecular complexity index is 660. The van der Waals surface area contributed by atoms with Crippen LogP contribution in [0.15, 0.2) is 52.0 Å². The zero-order chi connectivity index (χ0) is 17.2. The van der Waals surface area contributed by atoms with Gasteiger partial charge < -0.3 is 14.9 Å². The second kappa shape index (κ2) is 9.98. The molecule has 0 amide bonds. The van der Waals surface area contributed by atoms with Gasteiger partial charge in [0.25, 0.3) is 0 Å². The largest absolute Gasteiger partial charge is 0.490 e. The van der Waals surface area contributed by atoms with Gasteiger partial charge in [0.2, 0.25) is 0 Å². The number of benzene rings is 2. The Labute approximate surface area is 152 Å². The average Bonchev–Trinajstić information content (AvgIpc) is 2.59. The first-order chi connectivity index (χ1) is 11.7. The minimum Gasteiger partial charge on any atom is -0.490 e. The van der Waals surface area contributed by atoms with Crippen molar-refractivity contribution in [2.24, 2.45) is 5.10 Å². The maximum absolute atomic E-state index is 5.78. The zero-order valence-electron chi connectivity index (χ0n) is 14.1. The van der Waals surface area contributed by atoms with Gasteiger partial charge in [-0.1, -0.05) is 37.3 Å². The van der Waals surface area contributed by atoms with Crippen LogP contribution in [0.3, 0.4) is 0 Å². The molecule has 2 aromatic rings. The van der Waals surface area contributed by atoms with Crippen molar-refractivity contribution in [3.05, 3.63) is 58.1 Å². The lowest BCUT2D eigenvalue weighted by Gasteiger charge is -2.14. The monoisotopic (exact) mass is 390 g/mol. The Morgan fingerprint density at radius 2 is 1.92 bits per heavy atom. The van der Waals surface area contributed by atoms with Gasteiger partial charge in [-0.15, -0.1) is 0 Å². The first-order valence-electron chi connectivity index (χ1n) is 8.13. The molecular weight excluding hydrogens is 368 g/mol. The van der Waals surface area contributed by atoms with Crippen LogP contribution in [-0.2, 0) is 6.54 Å². The highest BCUT2D eigenvalue weighted by atomic mass is 79.9. The third kappa shape index (κ3) is 5.57. The summed E-state index contributed by atoms with van der Waals surface area (Å²) in [7, 11) is 0. The minimum absolute atomic E-state index is 0.585. The third-order valence-electron chi connectivity index (χ3n) is 3.21. The summed E-state index contributed by atoms with van der Waals surface area (Å²) in [5.74, 6) is 1.47. The molecule has 0 fully saturated rings. The molecule has 4 nitrogen and oxygen atoms in total. The van der Waals surface area contributed by atoms with Gasteiger partial charge in [-0.25, -0.2) is 0 Å². The van der Waals surface area contributed by atoms with Crippen LogP contribution in [0.4, 0.5) is 0 Å². The molecule has 0 aliphatic carbocycles. The Kier molecular flexibility index (Phi) is 7.62. The van der Waals surface area contributed by atoms with Gasteiger partial charge in [-0.2, -0.15) is 5.10 Å². The lowest BCUT2D eigenvalue weighted by molar-refractivity contribution is 0.275. The van der Waals surface area contributed by atoms with E-state index in [1.165, 1.54) is 5.56 Å². The van der Waals surface area contributed by atoms with Gasteiger partial charge in [0.1, 0.15) is 0 Å². The van der Waals surface area contributed by atoms with Crippen LogP contribution in [0.25, 0.3) is 0 Å². The van der Waals surface area contributed by atoms with Crippen LogP contribution in [0.1, 0.15) is 31.4 Å². The first kappa shape index (κ1) is 18.3. The van der Waals surface area contributed by atoms with E-state index < -0.39 is 0 Å². The highest BCUT2D eigenvalue weighted by Gasteiger charge is 2.11. The van der Waals surface area contributed by atoms with Crippen molar-refractivity contribution in [3.8, 4) is 11.5 Å². The molecule has 0 saturated heterocycles. The Balaban J connectivity index is 2.05. The second-order valence-electron chi connectivity index (χ2n) is 5.19. The van der Waals surface area contributed by atoms with E-state index in [-0.39, 0.29) is 0 Å². The van der Waals surface area contributed by atoms with Crippen molar-refractivity contribution in [1.29, 1.82) is 0 Å². The van der Waals surface area contributed by atoms with E-state index in [0.717, 1.165) is 28.0 Å². The Hall–Kier alpha value is -2.01. The quantitative estimate of drug-likeness (QED) is 0.495. The van der Waals surface area contributed by atoms with Crippen molar-refractivity contribution < 1.29 is 9.47 Å². The maximum Gasteiger partial charge on any atom is 0.175 e. The summed E-state index contributed by atoms with van der Waals surface area (Å²) in [6, 6.07) is 14.1. The van der Waals surface area contributed by atoms with Crippen molar-refractivity contribution >= 4 is 22.1 Å². The number of hydrazone groups is 1. The molecule has 24 heavy (non-hydrogen) atoms. The molecule has 0 aromatic heterocycles. The fraction of sp³-hybridized carbons (Fsp3) is 0.316. The van der Waals surface area contributed by atoms with E-state index in [0.29, 0.717) is 19.8 Å². The second-order valence-corrected chi connectivity index (χ2v) is 6.04. The predicted octanol–water partition coefficient (Wildman–Crippen LogP) is 4.76. The van der Waals surface area contributed by atoms with E-state index in [1.54, 1.807) is 6.21 Å². The van der Waals surface area contributed by atoms with Crippen molar-refractivity contribution in [3.63, 3.8) is 0 Å². The van der Waals surface area contributed by atoms with Crippen LogP contribution in [0.5, 0.6) is 11.5 Å². The maximum atomic E-state index is 5.78. The molecular formula is C19H23BrN2O2. The normalized spacial score (nSPS) is 10.8. The Morgan fingerprint density at radius 1 is 1.12 bits per heavy atom. The van der Waals surface area contributed by atoms with E-state index in [1.807, 2.05) is 37.3 Å². The SMILES string of the molecule is CCCOc1c(Br)cc(C=NNCc2ccccc2)cc1OCC. The number of hydrogen-bond acceptors (Lipinski definition) is 4. The summed E-state index contributed by atoms with van der Waals surface area (Å²) in [4.78, 5) is 0. The summed E-state index contributed by atoms with van der Waals surface area (Å²) >= 11 is 3.56. The molecule has 128 valence electrons. The number of ether oxygens (including phenoxy) is 2. The first-order valence-corrected chi connectivity index (χ1v) is 8.92. The lowest BCUT2D eigenvalue weighted by Crippen LogP contribution is -2.06. The minimum atomic E-state index is 0.585. The van der Waals surface area contributed by atoms with Crippen LogP contribution in [-0.4, -0.2) is 19.4 Å².